The molecule has 0 saturated heterocycles. The lowest BCUT2D eigenvalue weighted by atomic mass is 10.1. The van der Waals surface area contributed by atoms with E-state index in [2.05, 4.69) is 4.99 Å². The monoisotopic (exact) mass is 471 g/mol. The van der Waals surface area contributed by atoms with Gasteiger partial charge in [0.05, 0.1) is 23.5 Å². The van der Waals surface area contributed by atoms with Gasteiger partial charge in [-0.3, -0.25) is 0 Å². The Morgan fingerprint density at radius 1 is 1.12 bits per heavy atom. The summed E-state index contributed by atoms with van der Waals surface area (Å²) in [4.78, 5) is 28.7. The lowest BCUT2D eigenvalue weighted by molar-refractivity contribution is -0.129. The van der Waals surface area contributed by atoms with Crippen LogP contribution in [0.25, 0.3) is 6.08 Å². The van der Waals surface area contributed by atoms with Crippen LogP contribution < -0.4 is 9.47 Å². The van der Waals surface area contributed by atoms with Gasteiger partial charge in [-0.2, -0.15) is 0 Å². The van der Waals surface area contributed by atoms with E-state index < -0.39 is 11.9 Å². The lowest BCUT2D eigenvalue weighted by Gasteiger charge is -2.10. The van der Waals surface area contributed by atoms with Crippen LogP contribution in [0.4, 0.5) is 0 Å². The Hall–Kier alpha value is -3.55. The van der Waals surface area contributed by atoms with Crippen molar-refractivity contribution in [3.8, 4) is 11.5 Å². The van der Waals surface area contributed by atoms with Gasteiger partial charge in [0.1, 0.15) is 0 Å². The molecule has 1 aliphatic heterocycles. The largest absolute Gasteiger partial charge is 0.490 e. The third-order valence-corrected chi connectivity index (χ3v) is 4.83. The SMILES string of the molecule is CCOc1cc(/C=C2\N=C(c3ccc(Cl)cc3Cl)OC2=O)ccc1OC(=O)c1ccco1. The number of carbonyl (C=O) groups excluding carboxylic acids is 2. The number of nitrogens with zero attached hydrogens (tertiary/aromatic N) is 1. The maximum absolute atomic E-state index is 12.3. The second kappa shape index (κ2) is 9.30. The average Bonchev–Trinajstić information content (AvgIpc) is 3.41. The summed E-state index contributed by atoms with van der Waals surface area (Å²) >= 11 is 12.1. The number of esters is 2. The number of ether oxygens (including phenoxy) is 3. The summed E-state index contributed by atoms with van der Waals surface area (Å²) in [7, 11) is 0. The molecule has 0 atom stereocenters. The van der Waals surface area contributed by atoms with Crippen LogP contribution in [0.3, 0.4) is 0 Å². The molecule has 2 aromatic carbocycles. The van der Waals surface area contributed by atoms with Gasteiger partial charge in [-0.1, -0.05) is 29.3 Å². The van der Waals surface area contributed by atoms with Gasteiger partial charge in [0.2, 0.25) is 11.7 Å². The number of rotatable bonds is 6. The van der Waals surface area contributed by atoms with E-state index >= 15 is 0 Å². The van der Waals surface area contributed by atoms with Crippen LogP contribution in [0.5, 0.6) is 11.5 Å². The Morgan fingerprint density at radius 2 is 1.97 bits per heavy atom. The zero-order valence-electron chi connectivity index (χ0n) is 16.6. The molecule has 0 aliphatic carbocycles. The Balaban J connectivity index is 1.61. The Bertz CT molecular complexity index is 1250. The Kier molecular flexibility index (Phi) is 6.30. The fourth-order valence-electron chi connectivity index (χ4n) is 2.86. The van der Waals surface area contributed by atoms with Crippen LogP contribution in [0.15, 0.2) is 69.9 Å². The van der Waals surface area contributed by atoms with E-state index in [0.29, 0.717) is 33.5 Å². The Labute approximate surface area is 192 Å². The molecule has 0 bridgehead atoms. The third kappa shape index (κ3) is 4.69. The van der Waals surface area contributed by atoms with Crippen molar-refractivity contribution in [3.05, 3.63) is 87.4 Å². The van der Waals surface area contributed by atoms with Crippen molar-refractivity contribution in [1.82, 2.24) is 0 Å². The molecular weight excluding hydrogens is 457 g/mol. The summed E-state index contributed by atoms with van der Waals surface area (Å²) in [5.74, 6) is -0.612. The molecule has 9 heteroatoms. The highest BCUT2D eigenvalue weighted by atomic mass is 35.5. The van der Waals surface area contributed by atoms with Crippen LogP contribution in [0.2, 0.25) is 10.0 Å². The lowest BCUT2D eigenvalue weighted by Crippen LogP contribution is -2.08. The van der Waals surface area contributed by atoms with Crippen LogP contribution in [-0.2, 0) is 9.53 Å². The van der Waals surface area contributed by atoms with Crippen molar-refractivity contribution < 1.29 is 28.2 Å². The fraction of sp³-hybridized carbons (Fsp3) is 0.0870. The highest BCUT2D eigenvalue weighted by Crippen LogP contribution is 2.31. The Morgan fingerprint density at radius 3 is 2.69 bits per heavy atom. The number of carbonyl (C=O) groups is 2. The van der Waals surface area contributed by atoms with Gasteiger partial charge in [-0.25, -0.2) is 14.6 Å². The zero-order valence-corrected chi connectivity index (χ0v) is 18.1. The molecule has 0 unspecified atom stereocenters. The number of furan rings is 1. The molecule has 0 fully saturated rings. The van der Waals surface area contributed by atoms with Gasteiger partial charge < -0.3 is 18.6 Å². The third-order valence-electron chi connectivity index (χ3n) is 4.28. The highest BCUT2D eigenvalue weighted by Gasteiger charge is 2.26. The van der Waals surface area contributed by atoms with Crippen molar-refractivity contribution in [2.24, 2.45) is 4.99 Å². The molecular formula is C23H15Cl2NO6. The minimum Gasteiger partial charge on any atom is -0.490 e. The van der Waals surface area contributed by atoms with Crippen LogP contribution in [0, 0.1) is 0 Å². The number of hydrogen-bond acceptors (Lipinski definition) is 7. The van der Waals surface area contributed by atoms with Gasteiger partial charge in [0, 0.05) is 5.02 Å². The number of cyclic esters (lactones) is 1. The smallest absolute Gasteiger partial charge is 0.379 e. The van der Waals surface area contributed by atoms with E-state index in [1.54, 1.807) is 43.3 Å². The number of halogens is 2. The van der Waals surface area contributed by atoms with Gasteiger partial charge in [0.15, 0.2) is 17.2 Å². The summed E-state index contributed by atoms with van der Waals surface area (Å²) in [6, 6.07) is 12.7. The molecule has 7 nitrogen and oxygen atoms in total. The van der Waals surface area contributed by atoms with E-state index in [0.717, 1.165) is 0 Å². The van der Waals surface area contributed by atoms with E-state index in [4.69, 9.17) is 41.8 Å². The van der Waals surface area contributed by atoms with Crippen molar-refractivity contribution >= 4 is 47.1 Å². The molecule has 0 N–H and O–H groups in total. The maximum Gasteiger partial charge on any atom is 0.379 e. The molecule has 0 saturated carbocycles. The fourth-order valence-corrected chi connectivity index (χ4v) is 3.35. The van der Waals surface area contributed by atoms with Crippen molar-refractivity contribution in [2.45, 2.75) is 6.92 Å². The minimum atomic E-state index is -0.657. The van der Waals surface area contributed by atoms with Crippen molar-refractivity contribution in [3.63, 3.8) is 0 Å². The number of hydrogen-bond donors (Lipinski definition) is 0. The summed E-state index contributed by atoms with van der Waals surface area (Å²) in [6.45, 7) is 2.13. The molecule has 2 heterocycles. The minimum absolute atomic E-state index is 0.0649. The predicted octanol–water partition coefficient (Wildman–Crippen LogP) is 5.55. The first-order valence-corrected chi connectivity index (χ1v) is 10.2. The topological polar surface area (TPSA) is 87.3 Å². The first kappa shape index (κ1) is 21.7. The van der Waals surface area contributed by atoms with E-state index in [1.165, 1.54) is 24.5 Å². The molecule has 0 amide bonds. The molecule has 32 heavy (non-hydrogen) atoms. The summed E-state index contributed by atoms with van der Waals surface area (Å²) in [5, 5.41) is 0.766. The second-order valence-electron chi connectivity index (χ2n) is 6.47. The first-order valence-electron chi connectivity index (χ1n) is 9.45. The quantitative estimate of drug-likeness (QED) is 0.266. The summed E-state index contributed by atoms with van der Waals surface area (Å²) < 4.78 is 21.2. The predicted molar refractivity (Wildman–Crippen MR) is 118 cm³/mol. The van der Waals surface area contributed by atoms with Crippen LogP contribution in [0.1, 0.15) is 28.6 Å². The number of aliphatic imine (C=N–C) groups is 1. The van der Waals surface area contributed by atoms with Crippen LogP contribution >= 0.6 is 23.2 Å². The van der Waals surface area contributed by atoms with E-state index in [1.807, 2.05) is 0 Å². The average molecular weight is 472 g/mol. The van der Waals surface area contributed by atoms with E-state index in [-0.39, 0.29) is 23.1 Å². The van der Waals surface area contributed by atoms with Crippen molar-refractivity contribution in [1.29, 1.82) is 0 Å². The summed E-state index contributed by atoms with van der Waals surface area (Å²) in [5.41, 5.74) is 1.11. The molecule has 0 radical (unpaired) electrons. The second-order valence-corrected chi connectivity index (χ2v) is 7.31. The zero-order chi connectivity index (χ0) is 22.7. The summed E-state index contributed by atoms with van der Waals surface area (Å²) in [6.07, 6.45) is 2.90. The number of benzene rings is 2. The molecule has 1 aliphatic rings. The van der Waals surface area contributed by atoms with Gasteiger partial charge >= 0.3 is 11.9 Å². The molecule has 162 valence electrons. The standard InChI is InChI=1S/C23H15Cl2NO6/c1-2-29-20-11-13(5-8-18(20)31-23(28)19-4-3-9-30-19)10-17-22(27)32-21(26-17)15-7-6-14(24)12-16(15)25/h3-12H,2H2,1H3/b17-10-. The van der Waals surface area contributed by atoms with Gasteiger partial charge in [0.25, 0.3) is 0 Å². The first-order chi connectivity index (χ1) is 15.4. The molecule has 3 aromatic rings. The molecule has 0 spiro atoms. The normalized spacial score (nSPS) is 14.3. The van der Waals surface area contributed by atoms with E-state index in [9.17, 15) is 9.59 Å². The van der Waals surface area contributed by atoms with Gasteiger partial charge in [-0.15, -0.1) is 0 Å². The molecule has 4 rings (SSSR count). The maximum atomic E-state index is 12.3. The van der Waals surface area contributed by atoms with Gasteiger partial charge in [-0.05, 0) is 61.0 Å². The highest BCUT2D eigenvalue weighted by molar-refractivity contribution is 6.37. The molecule has 1 aromatic heterocycles. The van der Waals surface area contributed by atoms with Crippen molar-refractivity contribution in [2.75, 3.05) is 6.61 Å². The van der Waals surface area contributed by atoms with Crippen LogP contribution in [-0.4, -0.2) is 24.4 Å².